The fourth-order valence-corrected chi connectivity index (χ4v) is 1.25. The number of anilines is 1. The normalized spacial score (nSPS) is 10.2. The summed E-state index contributed by atoms with van der Waals surface area (Å²) >= 11 is 5.55. The van der Waals surface area contributed by atoms with Crippen LogP contribution in [0.25, 0.3) is 0 Å². The first-order chi connectivity index (χ1) is 8.19. The molecule has 2 aromatic heterocycles. The molecule has 2 N–H and O–H groups in total. The van der Waals surface area contributed by atoms with E-state index in [0.29, 0.717) is 6.61 Å². The summed E-state index contributed by atoms with van der Waals surface area (Å²) in [5.74, 6) is -0.216. The van der Waals surface area contributed by atoms with Crippen LogP contribution in [0.4, 0.5) is 5.95 Å². The number of hydrogen-bond acceptors (Lipinski definition) is 5. The Morgan fingerprint density at radius 2 is 2.47 bits per heavy atom. The van der Waals surface area contributed by atoms with Crippen molar-refractivity contribution in [3.8, 4) is 6.01 Å². The Morgan fingerprint density at radius 3 is 3.12 bits per heavy atom. The van der Waals surface area contributed by atoms with Crippen LogP contribution in [-0.2, 0) is 0 Å². The van der Waals surface area contributed by atoms with Gasteiger partial charge in [-0.2, -0.15) is 4.98 Å². The van der Waals surface area contributed by atoms with Gasteiger partial charge in [-0.15, -0.1) is 5.10 Å². The summed E-state index contributed by atoms with van der Waals surface area (Å²) < 4.78 is 9.96. The van der Waals surface area contributed by atoms with E-state index in [0.717, 1.165) is 0 Å². The van der Waals surface area contributed by atoms with E-state index in [-0.39, 0.29) is 22.9 Å². The van der Waals surface area contributed by atoms with Crippen LogP contribution in [0.15, 0.2) is 16.5 Å². The van der Waals surface area contributed by atoms with Gasteiger partial charge in [-0.25, -0.2) is 5.10 Å². The molecule has 0 fully saturated rings. The Bertz CT molecular complexity index is 522. The van der Waals surface area contributed by atoms with Gasteiger partial charge in [0.2, 0.25) is 5.95 Å². The molecule has 0 unspecified atom stereocenters. The van der Waals surface area contributed by atoms with Crippen molar-refractivity contribution in [1.82, 2.24) is 15.2 Å². The molecule has 0 atom stereocenters. The van der Waals surface area contributed by atoms with Crippen molar-refractivity contribution < 1.29 is 13.9 Å². The van der Waals surface area contributed by atoms with E-state index in [4.69, 9.17) is 20.8 Å². The largest absolute Gasteiger partial charge is 0.463 e. The molecular weight excluding hydrogens is 248 g/mol. The van der Waals surface area contributed by atoms with E-state index in [1.165, 1.54) is 12.1 Å². The van der Waals surface area contributed by atoms with Gasteiger partial charge in [0.25, 0.3) is 5.91 Å². The topological polar surface area (TPSA) is 93.0 Å². The second-order valence-electron chi connectivity index (χ2n) is 2.96. The Labute approximate surface area is 101 Å². The second-order valence-corrected chi connectivity index (χ2v) is 3.33. The van der Waals surface area contributed by atoms with E-state index in [1.54, 1.807) is 6.92 Å². The zero-order chi connectivity index (χ0) is 12.3. The molecule has 0 saturated heterocycles. The number of aromatic nitrogens is 3. The Balaban J connectivity index is 2.02. The quantitative estimate of drug-likeness (QED) is 0.868. The van der Waals surface area contributed by atoms with Crippen LogP contribution in [0.5, 0.6) is 6.01 Å². The highest BCUT2D eigenvalue weighted by molar-refractivity contribution is 6.29. The molecule has 0 radical (unpaired) electrons. The molecule has 17 heavy (non-hydrogen) atoms. The summed E-state index contributed by atoms with van der Waals surface area (Å²) in [5, 5.41) is 8.82. The number of aromatic amines is 1. The van der Waals surface area contributed by atoms with Gasteiger partial charge in [-0.05, 0) is 30.7 Å². The van der Waals surface area contributed by atoms with E-state index >= 15 is 0 Å². The fourth-order valence-electron chi connectivity index (χ4n) is 1.10. The third-order valence-corrected chi connectivity index (χ3v) is 1.97. The zero-order valence-electron chi connectivity index (χ0n) is 8.86. The van der Waals surface area contributed by atoms with Crippen LogP contribution in [0.3, 0.4) is 0 Å². The van der Waals surface area contributed by atoms with Gasteiger partial charge in [-0.3, -0.25) is 10.1 Å². The number of nitrogens with one attached hydrogen (secondary N) is 2. The molecule has 0 spiro atoms. The predicted molar refractivity (Wildman–Crippen MR) is 59.2 cm³/mol. The highest BCUT2D eigenvalue weighted by atomic mass is 35.5. The minimum Gasteiger partial charge on any atom is -0.463 e. The summed E-state index contributed by atoms with van der Waals surface area (Å²) in [6, 6.07) is 3.10. The number of nitrogens with zero attached hydrogens (tertiary/aromatic N) is 2. The number of hydrogen-bond donors (Lipinski definition) is 2. The molecule has 0 aromatic carbocycles. The molecule has 0 aliphatic carbocycles. The lowest BCUT2D eigenvalue weighted by Gasteiger charge is -1.96. The number of carbonyl (C=O) groups is 1. The third kappa shape index (κ3) is 2.76. The minimum absolute atomic E-state index is 0.0874. The highest BCUT2D eigenvalue weighted by Crippen LogP contribution is 2.14. The number of amides is 1. The maximum absolute atomic E-state index is 11.6. The molecule has 0 aliphatic rings. The lowest BCUT2D eigenvalue weighted by molar-refractivity contribution is 0.0996. The molecule has 0 saturated carbocycles. The van der Waals surface area contributed by atoms with Gasteiger partial charge in [0, 0.05) is 0 Å². The third-order valence-electron chi connectivity index (χ3n) is 1.77. The van der Waals surface area contributed by atoms with Crippen molar-refractivity contribution in [2.24, 2.45) is 0 Å². The second kappa shape index (κ2) is 4.88. The van der Waals surface area contributed by atoms with Gasteiger partial charge in [0.1, 0.15) is 0 Å². The van der Waals surface area contributed by atoms with E-state index in [9.17, 15) is 4.79 Å². The molecule has 1 amide bonds. The van der Waals surface area contributed by atoms with Crippen LogP contribution >= 0.6 is 11.6 Å². The maximum Gasteiger partial charge on any atom is 0.337 e. The van der Waals surface area contributed by atoms with Crippen LogP contribution < -0.4 is 10.1 Å². The van der Waals surface area contributed by atoms with Gasteiger partial charge >= 0.3 is 6.01 Å². The number of furan rings is 1. The van der Waals surface area contributed by atoms with E-state index in [2.05, 4.69) is 20.5 Å². The van der Waals surface area contributed by atoms with Crippen molar-refractivity contribution in [2.45, 2.75) is 6.92 Å². The lowest BCUT2D eigenvalue weighted by atomic mass is 10.4. The number of ether oxygens (including phenoxy) is 1. The number of rotatable bonds is 4. The first-order valence-electron chi connectivity index (χ1n) is 4.81. The van der Waals surface area contributed by atoms with Crippen molar-refractivity contribution >= 4 is 23.5 Å². The van der Waals surface area contributed by atoms with Gasteiger partial charge in [-0.1, -0.05) is 0 Å². The predicted octanol–water partition coefficient (Wildman–Crippen LogP) is 1.70. The standard InChI is InChI=1S/C9H9ClN4O3/c1-2-16-9-12-8(13-14-9)11-7(15)5-3-4-6(10)17-5/h3-4H,2H2,1H3,(H2,11,12,13,14,15). The molecule has 90 valence electrons. The van der Waals surface area contributed by atoms with Gasteiger partial charge in [0.05, 0.1) is 6.61 Å². The Kier molecular flexibility index (Phi) is 3.29. The van der Waals surface area contributed by atoms with E-state index in [1.807, 2.05) is 0 Å². The highest BCUT2D eigenvalue weighted by Gasteiger charge is 2.13. The molecular formula is C9H9ClN4O3. The zero-order valence-corrected chi connectivity index (χ0v) is 9.61. The van der Waals surface area contributed by atoms with Crippen molar-refractivity contribution in [3.05, 3.63) is 23.1 Å². The molecule has 0 bridgehead atoms. The SMILES string of the molecule is CCOc1n[nH]c(NC(=O)c2ccc(Cl)o2)n1. The molecule has 0 aliphatic heterocycles. The summed E-state index contributed by atoms with van der Waals surface area (Å²) in [4.78, 5) is 15.5. The van der Waals surface area contributed by atoms with Crippen LogP contribution in [-0.4, -0.2) is 27.7 Å². The minimum atomic E-state index is -0.476. The first-order valence-corrected chi connectivity index (χ1v) is 5.18. The van der Waals surface area contributed by atoms with Crippen molar-refractivity contribution in [2.75, 3.05) is 11.9 Å². The van der Waals surface area contributed by atoms with Crippen LogP contribution in [0, 0.1) is 0 Å². The summed E-state index contributed by atoms with van der Waals surface area (Å²) in [6.07, 6.45) is 0. The van der Waals surface area contributed by atoms with Crippen molar-refractivity contribution in [3.63, 3.8) is 0 Å². The summed E-state index contributed by atoms with van der Waals surface area (Å²) in [5.41, 5.74) is 0. The number of halogens is 1. The summed E-state index contributed by atoms with van der Waals surface area (Å²) in [7, 11) is 0. The molecule has 8 heteroatoms. The van der Waals surface area contributed by atoms with Crippen LogP contribution in [0.1, 0.15) is 17.5 Å². The summed E-state index contributed by atoms with van der Waals surface area (Å²) in [6.45, 7) is 2.25. The smallest absolute Gasteiger partial charge is 0.337 e. The molecule has 2 rings (SSSR count). The fraction of sp³-hybridized carbons (Fsp3) is 0.222. The molecule has 2 heterocycles. The van der Waals surface area contributed by atoms with Crippen molar-refractivity contribution in [1.29, 1.82) is 0 Å². The van der Waals surface area contributed by atoms with Gasteiger partial charge < -0.3 is 9.15 Å². The monoisotopic (exact) mass is 256 g/mol. The Hall–Kier alpha value is -2.02. The first kappa shape index (κ1) is 11.5. The lowest BCUT2D eigenvalue weighted by Crippen LogP contribution is -2.12. The average molecular weight is 257 g/mol. The number of carbonyl (C=O) groups excluding carboxylic acids is 1. The molecule has 7 nitrogen and oxygen atoms in total. The average Bonchev–Trinajstić information content (AvgIpc) is 2.88. The number of H-pyrrole nitrogens is 1. The molecule has 2 aromatic rings. The van der Waals surface area contributed by atoms with Gasteiger partial charge in [0.15, 0.2) is 11.0 Å². The Morgan fingerprint density at radius 1 is 1.65 bits per heavy atom. The maximum atomic E-state index is 11.6. The van der Waals surface area contributed by atoms with Crippen LogP contribution in [0.2, 0.25) is 5.22 Å². The van der Waals surface area contributed by atoms with E-state index < -0.39 is 5.91 Å².